The topological polar surface area (TPSA) is 55.1 Å². The number of halogens is 1. The Morgan fingerprint density at radius 3 is 2.61 bits per heavy atom. The number of rotatable bonds is 4. The van der Waals surface area contributed by atoms with Gasteiger partial charge in [0.15, 0.2) is 11.5 Å². The number of nitrogens with one attached hydrogen (secondary N) is 1. The summed E-state index contributed by atoms with van der Waals surface area (Å²) in [7, 11) is 0. The molecule has 4 aromatic rings. The Bertz CT molecular complexity index is 1160. The van der Waals surface area contributed by atoms with Crippen molar-refractivity contribution < 1.29 is 9.21 Å². The van der Waals surface area contributed by atoms with E-state index in [1.54, 1.807) is 12.1 Å². The molecule has 0 aliphatic rings. The van der Waals surface area contributed by atoms with Gasteiger partial charge in [-0.3, -0.25) is 4.79 Å². The van der Waals surface area contributed by atoms with Crippen LogP contribution in [0.3, 0.4) is 0 Å². The van der Waals surface area contributed by atoms with Crippen LogP contribution in [0.25, 0.3) is 11.1 Å². The van der Waals surface area contributed by atoms with Crippen LogP contribution in [0.1, 0.15) is 32.9 Å². The Kier molecular flexibility index (Phi) is 5.01. The van der Waals surface area contributed by atoms with Crippen LogP contribution in [0.4, 0.5) is 5.69 Å². The predicted molar refractivity (Wildman–Crippen MR) is 115 cm³/mol. The molecular weight excluding hydrogens is 416 g/mol. The number of carbonyl (C=O) groups is 1. The van der Waals surface area contributed by atoms with E-state index in [4.69, 9.17) is 4.42 Å². The van der Waals surface area contributed by atoms with Crippen molar-refractivity contribution >= 4 is 38.6 Å². The number of aromatic nitrogens is 1. The molecule has 1 heterocycles. The second-order valence-electron chi connectivity index (χ2n) is 6.88. The second-order valence-corrected chi connectivity index (χ2v) is 7.79. The maximum atomic E-state index is 12.3. The molecule has 0 saturated carbocycles. The molecule has 0 radical (unpaired) electrons. The first-order valence-corrected chi connectivity index (χ1v) is 9.80. The van der Waals surface area contributed by atoms with Crippen molar-refractivity contribution in [1.29, 1.82) is 0 Å². The number of carbonyl (C=O) groups excluding carboxylic acids is 1. The third-order valence-corrected chi connectivity index (χ3v) is 5.01. The first-order chi connectivity index (χ1) is 13.5. The number of nitrogens with zero attached hydrogens (tertiary/aromatic N) is 1. The second kappa shape index (κ2) is 7.60. The van der Waals surface area contributed by atoms with E-state index in [1.807, 2.05) is 49.4 Å². The number of hydrogen-bond donors (Lipinski definition) is 1. The minimum Gasteiger partial charge on any atom is -0.440 e. The van der Waals surface area contributed by atoms with E-state index in [1.165, 1.54) is 5.56 Å². The lowest BCUT2D eigenvalue weighted by atomic mass is 10.1. The van der Waals surface area contributed by atoms with E-state index in [0.717, 1.165) is 32.4 Å². The maximum absolute atomic E-state index is 12.3. The first kappa shape index (κ1) is 18.4. The number of anilines is 1. The van der Waals surface area contributed by atoms with Crippen LogP contribution >= 0.6 is 15.9 Å². The molecule has 0 fully saturated rings. The van der Waals surface area contributed by atoms with Gasteiger partial charge in [-0.1, -0.05) is 40.2 Å². The van der Waals surface area contributed by atoms with Crippen LogP contribution in [0.15, 0.2) is 69.6 Å². The summed E-state index contributed by atoms with van der Waals surface area (Å²) in [6.07, 6.45) is 0.604. The molecule has 28 heavy (non-hydrogen) atoms. The molecule has 140 valence electrons. The standard InChI is InChI=1S/C23H19BrN2O2/c1-14-10-15(2)22-20(11-14)26-21(28-22)12-16-6-8-19(9-7-16)25-23(27)17-4-3-5-18(24)13-17/h3-11,13H,12H2,1-2H3,(H,25,27). The van der Waals surface area contributed by atoms with E-state index in [9.17, 15) is 4.79 Å². The fourth-order valence-electron chi connectivity index (χ4n) is 3.21. The van der Waals surface area contributed by atoms with Gasteiger partial charge in [0.1, 0.15) is 5.52 Å². The summed E-state index contributed by atoms with van der Waals surface area (Å²) in [5, 5.41) is 2.91. The Labute approximate surface area is 171 Å². The number of aryl methyl sites for hydroxylation is 2. The third-order valence-electron chi connectivity index (χ3n) is 4.52. The molecule has 0 saturated heterocycles. The Balaban J connectivity index is 1.47. The average molecular weight is 435 g/mol. The minimum absolute atomic E-state index is 0.140. The zero-order chi connectivity index (χ0) is 19.7. The fourth-order valence-corrected chi connectivity index (χ4v) is 3.61. The van der Waals surface area contributed by atoms with E-state index in [0.29, 0.717) is 17.9 Å². The van der Waals surface area contributed by atoms with Crippen LogP contribution < -0.4 is 5.32 Å². The predicted octanol–water partition coefficient (Wildman–Crippen LogP) is 6.05. The van der Waals surface area contributed by atoms with Gasteiger partial charge in [0.05, 0.1) is 0 Å². The molecular formula is C23H19BrN2O2. The SMILES string of the molecule is Cc1cc(C)c2oc(Cc3ccc(NC(=O)c4cccc(Br)c4)cc3)nc2c1. The molecule has 4 rings (SSSR count). The van der Waals surface area contributed by atoms with Crippen LogP contribution in [0, 0.1) is 13.8 Å². The number of oxazole rings is 1. The zero-order valence-corrected chi connectivity index (χ0v) is 17.2. The Morgan fingerprint density at radius 2 is 1.86 bits per heavy atom. The quantitative estimate of drug-likeness (QED) is 0.425. The van der Waals surface area contributed by atoms with Crippen molar-refractivity contribution in [2.45, 2.75) is 20.3 Å². The van der Waals surface area contributed by atoms with Crippen molar-refractivity contribution in [1.82, 2.24) is 4.98 Å². The van der Waals surface area contributed by atoms with Crippen molar-refractivity contribution in [3.63, 3.8) is 0 Å². The number of hydrogen-bond acceptors (Lipinski definition) is 3. The lowest BCUT2D eigenvalue weighted by Gasteiger charge is -2.06. The van der Waals surface area contributed by atoms with Gasteiger partial charge in [-0.25, -0.2) is 4.98 Å². The molecule has 4 nitrogen and oxygen atoms in total. The van der Waals surface area contributed by atoms with Gasteiger partial charge in [0, 0.05) is 22.1 Å². The Morgan fingerprint density at radius 1 is 1.07 bits per heavy atom. The number of amides is 1. The molecule has 0 spiro atoms. The summed E-state index contributed by atoms with van der Waals surface area (Å²) in [6, 6.07) is 19.2. The van der Waals surface area contributed by atoms with E-state index in [-0.39, 0.29) is 5.91 Å². The lowest BCUT2D eigenvalue weighted by molar-refractivity contribution is 0.102. The van der Waals surface area contributed by atoms with Crippen molar-refractivity contribution in [3.05, 3.63) is 93.3 Å². The van der Waals surface area contributed by atoms with Crippen molar-refractivity contribution in [2.75, 3.05) is 5.32 Å². The number of benzene rings is 3. The van der Waals surface area contributed by atoms with E-state index in [2.05, 4.69) is 39.2 Å². The fraction of sp³-hybridized carbons (Fsp3) is 0.130. The molecule has 1 N–H and O–H groups in total. The van der Waals surface area contributed by atoms with Crippen molar-refractivity contribution in [2.24, 2.45) is 0 Å². The number of fused-ring (bicyclic) bond motifs is 1. The van der Waals surface area contributed by atoms with Gasteiger partial charge in [-0.2, -0.15) is 0 Å². The molecule has 0 atom stereocenters. The molecule has 0 bridgehead atoms. The minimum atomic E-state index is -0.140. The Hall–Kier alpha value is -2.92. The summed E-state index contributed by atoms with van der Waals surface area (Å²) in [5.74, 6) is 0.550. The third kappa shape index (κ3) is 3.99. The molecule has 3 aromatic carbocycles. The summed E-state index contributed by atoms with van der Waals surface area (Å²) in [5.41, 5.74) is 6.44. The molecule has 1 aromatic heterocycles. The average Bonchev–Trinajstić information content (AvgIpc) is 3.06. The van der Waals surface area contributed by atoms with E-state index < -0.39 is 0 Å². The maximum Gasteiger partial charge on any atom is 0.255 e. The van der Waals surface area contributed by atoms with Gasteiger partial charge in [0.25, 0.3) is 5.91 Å². The molecule has 0 unspecified atom stereocenters. The highest BCUT2D eigenvalue weighted by atomic mass is 79.9. The van der Waals surface area contributed by atoms with Gasteiger partial charge in [0.2, 0.25) is 0 Å². The van der Waals surface area contributed by atoms with E-state index >= 15 is 0 Å². The van der Waals surface area contributed by atoms with Crippen LogP contribution in [-0.4, -0.2) is 10.9 Å². The normalized spacial score (nSPS) is 11.0. The molecule has 0 aliphatic carbocycles. The van der Waals surface area contributed by atoms with Crippen molar-refractivity contribution in [3.8, 4) is 0 Å². The van der Waals surface area contributed by atoms with Crippen LogP contribution in [0.2, 0.25) is 0 Å². The molecule has 1 amide bonds. The monoisotopic (exact) mass is 434 g/mol. The summed E-state index contributed by atoms with van der Waals surface area (Å²) >= 11 is 3.38. The highest BCUT2D eigenvalue weighted by molar-refractivity contribution is 9.10. The highest BCUT2D eigenvalue weighted by Gasteiger charge is 2.10. The summed E-state index contributed by atoms with van der Waals surface area (Å²) in [6.45, 7) is 4.09. The van der Waals surface area contributed by atoms with Crippen LogP contribution in [0.5, 0.6) is 0 Å². The highest BCUT2D eigenvalue weighted by Crippen LogP contribution is 2.23. The van der Waals surface area contributed by atoms with Gasteiger partial charge in [-0.05, 0) is 66.9 Å². The first-order valence-electron chi connectivity index (χ1n) is 9.00. The largest absolute Gasteiger partial charge is 0.440 e. The van der Waals surface area contributed by atoms with Crippen LogP contribution in [-0.2, 0) is 6.42 Å². The smallest absolute Gasteiger partial charge is 0.255 e. The zero-order valence-electron chi connectivity index (χ0n) is 15.6. The summed E-state index contributed by atoms with van der Waals surface area (Å²) in [4.78, 5) is 17.0. The van der Waals surface area contributed by atoms with Gasteiger partial charge in [-0.15, -0.1) is 0 Å². The molecule has 5 heteroatoms. The van der Waals surface area contributed by atoms with Gasteiger partial charge < -0.3 is 9.73 Å². The lowest BCUT2D eigenvalue weighted by Crippen LogP contribution is -2.11. The summed E-state index contributed by atoms with van der Waals surface area (Å²) < 4.78 is 6.81. The molecule has 0 aliphatic heterocycles. The van der Waals surface area contributed by atoms with Gasteiger partial charge >= 0.3 is 0 Å².